The molecule has 144 valence electrons. The first-order chi connectivity index (χ1) is 12.9. The molecule has 1 saturated heterocycles. The minimum atomic E-state index is -3.57. The molecule has 2 heterocycles. The molecule has 0 saturated carbocycles. The van der Waals surface area contributed by atoms with Gasteiger partial charge in [-0.3, -0.25) is 9.59 Å². The summed E-state index contributed by atoms with van der Waals surface area (Å²) in [5.74, 6) is -0.642. The Labute approximate surface area is 157 Å². The Morgan fingerprint density at radius 2 is 1.74 bits per heavy atom. The maximum Gasteiger partial charge on any atom is 0.254 e. The molecule has 1 aliphatic rings. The first kappa shape index (κ1) is 19.1. The highest BCUT2D eigenvalue weighted by Gasteiger charge is 2.30. The van der Waals surface area contributed by atoms with E-state index in [9.17, 15) is 18.0 Å². The van der Waals surface area contributed by atoms with Gasteiger partial charge in [0.2, 0.25) is 15.9 Å². The van der Waals surface area contributed by atoms with Gasteiger partial charge in [-0.15, -0.1) is 0 Å². The van der Waals surface area contributed by atoms with E-state index in [2.05, 4.69) is 5.32 Å². The molecule has 1 aliphatic heterocycles. The number of carbonyl (C=O) groups excluding carboxylic acids is 2. The van der Waals surface area contributed by atoms with E-state index >= 15 is 0 Å². The molecule has 2 aromatic rings. The first-order valence-corrected chi connectivity index (χ1v) is 9.97. The third-order valence-electron chi connectivity index (χ3n) is 4.43. The second kappa shape index (κ2) is 7.93. The lowest BCUT2D eigenvalue weighted by atomic mass is 10.2. The van der Waals surface area contributed by atoms with Crippen LogP contribution in [0.2, 0.25) is 0 Å². The van der Waals surface area contributed by atoms with Crippen molar-refractivity contribution in [1.29, 1.82) is 0 Å². The number of rotatable bonds is 5. The topological polar surface area (TPSA) is 99.9 Å². The van der Waals surface area contributed by atoms with Gasteiger partial charge in [0.05, 0.1) is 23.3 Å². The Hall–Kier alpha value is -2.65. The fourth-order valence-electron chi connectivity index (χ4n) is 2.80. The number of nitrogens with one attached hydrogen (secondary N) is 1. The highest BCUT2D eigenvalue weighted by molar-refractivity contribution is 7.89. The van der Waals surface area contributed by atoms with Crippen LogP contribution in [0.25, 0.3) is 0 Å². The number of carbonyl (C=O) groups is 2. The molecule has 1 aromatic heterocycles. The van der Waals surface area contributed by atoms with Crippen LogP contribution in [0.5, 0.6) is 0 Å². The smallest absolute Gasteiger partial charge is 0.254 e. The van der Waals surface area contributed by atoms with Crippen molar-refractivity contribution < 1.29 is 22.4 Å². The standard InChI is InChI=1S/C18H21N3O5S/c1-14-2-4-16(5-3-14)27(24,25)21-9-7-20(8-10-21)17(22)12-19-18(23)15-6-11-26-13-15/h2-6,11,13H,7-10,12H2,1H3,(H,19,23). The van der Waals surface area contributed by atoms with Crippen molar-refractivity contribution in [2.75, 3.05) is 32.7 Å². The number of piperazine rings is 1. The molecule has 0 unspecified atom stereocenters. The highest BCUT2D eigenvalue weighted by atomic mass is 32.2. The lowest BCUT2D eigenvalue weighted by Crippen LogP contribution is -2.52. The lowest BCUT2D eigenvalue weighted by Gasteiger charge is -2.34. The molecule has 2 amide bonds. The van der Waals surface area contributed by atoms with Gasteiger partial charge < -0.3 is 14.6 Å². The van der Waals surface area contributed by atoms with Crippen molar-refractivity contribution in [3.05, 3.63) is 54.0 Å². The van der Waals surface area contributed by atoms with Gasteiger partial charge in [-0.25, -0.2) is 8.42 Å². The Morgan fingerprint density at radius 3 is 2.33 bits per heavy atom. The maximum absolute atomic E-state index is 12.7. The van der Waals surface area contributed by atoms with Crippen molar-refractivity contribution in [3.8, 4) is 0 Å². The van der Waals surface area contributed by atoms with E-state index in [1.165, 1.54) is 22.9 Å². The number of sulfonamides is 1. The predicted octanol–water partition coefficient (Wildman–Crippen LogP) is 0.851. The number of aryl methyl sites for hydroxylation is 1. The molecular formula is C18H21N3O5S. The summed E-state index contributed by atoms with van der Waals surface area (Å²) in [5, 5.41) is 2.53. The quantitative estimate of drug-likeness (QED) is 0.815. The fraction of sp³-hybridized carbons (Fsp3) is 0.333. The molecule has 0 atom stereocenters. The predicted molar refractivity (Wildman–Crippen MR) is 97.6 cm³/mol. The van der Waals surface area contributed by atoms with Gasteiger partial charge in [-0.1, -0.05) is 17.7 Å². The van der Waals surface area contributed by atoms with Crippen LogP contribution in [0.4, 0.5) is 0 Å². The number of hydrogen-bond acceptors (Lipinski definition) is 5. The monoisotopic (exact) mass is 391 g/mol. The minimum Gasteiger partial charge on any atom is -0.472 e. The Balaban J connectivity index is 1.53. The summed E-state index contributed by atoms with van der Waals surface area (Å²) >= 11 is 0. The van der Waals surface area contributed by atoms with E-state index in [1.54, 1.807) is 29.2 Å². The number of amides is 2. The summed E-state index contributed by atoms with van der Waals surface area (Å²) < 4.78 is 31.6. The van der Waals surface area contributed by atoms with Crippen molar-refractivity contribution in [1.82, 2.24) is 14.5 Å². The van der Waals surface area contributed by atoms with Gasteiger partial charge in [0.1, 0.15) is 6.26 Å². The van der Waals surface area contributed by atoms with E-state index in [-0.39, 0.29) is 43.5 Å². The summed E-state index contributed by atoms with van der Waals surface area (Å²) in [7, 11) is -3.57. The molecule has 1 aromatic carbocycles. The van der Waals surface area contributed by atoms with Crippen LogP contribution >= 0.6 is 0 Å². The molecule has 0 aliphatic carbocycles. The average Bonchev–Trinajstić information content (AvgIpc) is 3.21. The second-order valence-electron chi connectivity index (χ2n) is 6.29. The molecule has 8 nitrogen and oxygen atoms in total. The largest absolute Gasteiger partial charge is 0.472 e. The zero-order chi connectivity index (χ0) is 19.4. The molecule has 1 fully saturated rings. The van der Waals surface area contributed by atoms with Crippen LogP contribution in [0.15, 0.2) is 52.2 Å². The number of furan rings is 1. The maximum atomic E-state index is 12.7. The number of hydrogen-bond donors (Lipinski definition) is 1. The Morgan fingerprint density at radius 1 is 1.07 bits per heavy atom. The summed E-state index contributed by atoms with van der Waals surface area (Å²) in [6.45, 7) is 2.76. The van der Waals surface area contributed by atoms with Crippen LogP contribution in [0.3, 0.4) is 0 Å². The SMILES string of the molecule is Cc1ccc(S(=O)(=O)N2CCN(C(=O)CNC(=O)c3ccoc3)CC2)cc1. The van der Waals surface area contributed by atoms with E-state index in [0.29, 0.717) is 5.56 Å². The van der Waals surface area contributed by atoms with Gasteiger partial charge in [0.25, 0.3) is 5.91 Å². The van der Waals surface area contributed by atoms with E-state index in [1.807, 2.05) is 6.92 Å². The molecule has 1 N–H and O–H groups in total. The molecule has 9 heteroatoms. The summed E-state index contributed by atoms with van der Waals surface area (Å²) in [6.07, 6.45) is 2.68. The Bertz CT molecular complexity index is 899. The lowest BCUT2D eigenvalue weighted by molar-refractivity contribution is -0.131. The number of nitrogens with zero attached hydrogens (tertiary/aromatic N) is 2. The average molecular weight is 391 g/mol. The van der Waals surface area contributed by atoms with Crippen molar-refractivity contribution in [2.24, 2.45) is 0 Å². The first-order valence-electron chi connectivity index (χ1n) is 8.53. The van der Waals surface area contributed by atoms with Gasteiger partial charge in [-0.2, -0.15) is 4.31 Å². The van der Waals surface area contributed by atoms with E-state index in [0.717, 1.165) is 5.56 Å². The summed E-state index contributed by atoms with van der Waals surface area (Å²) in [5.41, 5.74) is 1.33. The highest BCUT2D eigenvalue weighted by Crippen LogP contribution is 2.18. The van der Waals surface area contributed by atoms with Crippen molar-refractivity contribution in [3.63, 3.8) is 0 Å². The number of benzene rings is 1. The minimum absolute atomic E-state index is 0.144. The van der Waals surface area contributed by atoms with Gasteiger partial charge >= 0.3 is 0 Å². The van der Waals surface area contributed by atoms with Crippen LogP contribution in [0.1, 0.15) is 15.9 Å². The molecular weight excluding hydrogens is 370 g/mol. The molecule has 3 rings (SSSR count). The van der Waals surface area contributed by atoms with Gasteiger partial charge in [-0.05, 0) is 25.1 Å². The Kier molecular flexibility index (Phi) is 5.62. The van der Waals surface area contributed by atoms with Crippen LogP contribution in [-0.2, 0) is 14.8 Å². The normalized spacial score (nSPS) is 15.5. The van der Waals surface area contributed by atoms with Crippen LogP contribution in [0, 0.1) is 6.92 Å². The molecule has 27 heavy (non-hydrogen) atoms. The van der Waals surface area contributed by atoms with Crippen molar-refractivity contribution in [2.45, 2.75) is 11.8 Å². The van der Waals surface area contributed by atoms with Crippen LogP contribution in [-0.4, -0.2) is 62.2 Å². The summed E-state index contributed by atoms with van der Waals surface area (Å²) in [4.78, 5) is 25.9. The zero-order valence-electron chi connectivity index (χ0n) is 14.9. The third-order valence-corrected chi connectivity index (χ3v) is 6.35. The fourth-order valence-corrected chi connectivity index (χ4v) is 4.22. The molecule has 0 spiro atoms. The van der Waals surface area contributed by atoms with Crippen molar-refractivity contribution >= 4 is 21.8 Å². The zero-order valence-corrected chi connectivity index (χ0v) is 15.7. The molecule has 0 radical (unpaired) electrons. The van der Waals surface area contributed by atoms with Crippen LogP contribution < -0.4 is 5.32 Å². The molecule has 0 bridgehead atoms. The van der Waals surface area contributed by atoms with E-state index < -0.39 is 15.9 Å². The summed E-state index contributed by atoms with van der Waals surface area (Å²) in [6, 6.07) is 8.21. The van der Waals surface area contributed by atoms with Gasteiger partial charge in [0, 0.05) is 26.2 Å². The van der Waals surface area contributed by atoms with Gasteiger partial charge in [0.15, 0.2) is 0 Å². The third kappa shape index (κ3) is 4.37. The second-order valence-corrected chi connectivity index (χ2v) is 8.23. The van der Waals surface area contributed by atoms with E-state index in [4.69, 9.17) is 4.42 Å².